The zero-order valence-corrected chi connectivity index (χ0v) is 13.4. The highest BCUT2D eigenvalue weighted by atomic mass is 16.1. The third-order valence-corrected chi connectivity index (χ3v) is 4.19. The molecule has 122 valence electrons. The zero-order valence-electron chi connectivity index (χ0n) is 13.4. The molecule has 0 saturated carbocycles. The first-order valence-electron chi connectivity index (χ1n) is 8.00. The molecule has 0 atom stereocenters. The van der Waals surface area contributed by atoms with Gasteiger partial charge in [0.1, 0.15) is 12.7 Å². The smallest absolute Gasteiger partial charge is 0.220 e. The molecule has 1 aliphatic rings. The van der Waals surface area contributed by atoms with Crippen molar-refractivity contribution in [3.63, 3.8) is 0 Å². The molecule has 0 bridgehead atoms. The van der Waals surface area contributed by atoms with Crippen molar-refractivity contribution in [2.45, 2.75) is 45.8 Å². The van der Waals surface area contributed by atoms with Crippen molar-refractivity contribution >= 4 is 5.91 Å². The number of aromatic nitrogens is 4. The van der Waals surface area contributed by atoms with E-state index in [0.717, 1.165) is 31.6 Å². The third-order valence-electron chi connectivity index (χ3n) is 4.19. The largest absolute Gasteiger partial charge is 0.352 e. The van der Waals surface area contributed by atoms with Gasteiger partial charge in [-0.2, -0.15) is 5.10 Å². The van der Waals surface area contributed by atoms with E-state index in [1.807, 2.05) is 13.1 Å². The summed E-state index contributed by atoms with van der Waals surface area (Å²) in [7, 11) is 0. The molecule has 7 nitrogen and oxygen atoms in total. The van der Waals surface area contributed by atoms with E-state index in [4.69, 9.17) is 0 Å². The molecule has 1 aliphatic heterocycles. The van der Waals surface area contributed by atoms with Gasteiger partial charge in [0.15, 0.2) is 0 Å². The highest BCUT2D eigenvalue weighted by Crippen LogP contribution is 2.20. The standard InChI is InChI=1S/C16H22N6O/c1-12-15(14-4-5-17-7-13(14)8-19-12)9-20-16(23)3-2-6-22-11-18-10-21-22/h8,10-11,17H,2-7,9H2,1H3,(H,20,23). The minimum atomic E-state index is 0.0658. The predicted molar refractivity (Wildman–Crippen MR) is 85.5 cm³/mol. The van der Waals surface area contributed by atoms with Crippen molar-refractivity contribution in [2.24, 2.45) is 0 Å². The van der Waals surface area contributed by atoms with Crippen LogP contribution in [0.3, 0.4) is 0 Å². The van der Waals surface area contributed by atoms with Gasteiger partial charge in [-0.3, -0.25) is 14.5 Å². The number of fused-ring (bicyclic) bond motifs is 1. The Morgan fingerprint density at radius 2 is 2.39 bits per heavy atom. The van der Waals surface area contributed by atoms with E-state index in [9.17, 15) is 4.79 Å². The lowest BCUT2D eigenvalue weighted by Gasteiger charge is -2.21. The SMILES string of the molecule is Cc1ncc2c(c1CNC(=O)CCCn1cncn1)CCNC2. The van der Waals surface area contributed by atoms with Crippen LogP contribution in [0, 0.1) is 6.92 Å². The Balaban J connectivity index is 1.52. The van der Waals surface area contributed by atoms with Crippen LogP contribution in [-0.2, 0) is 30.8 Å². The van der Waals surface area contributed by atoms with Gasteiger partial charge >= 0.3 is 0 Å². The molecular weight excluding hydrogens is 292 g/mol. The molecule has 0 fully saturated rings. The van der Waals surface area contributed by atoms with Crippen LogP contribution >= 0.6 is 0 Å². The molecule has 7 heteroatoms. The normalized spacial score (nSPS) is 13.6. The van der Waals surface area contributed by atoms with Gasteiger partial charge < -0.3 is 10.6 Å². The number of rotatable bonds is 6. The van der Waals surface area contributed by atoms with E-state index >= 15 is 0 Å². The molecule has 0 unspecified atom stereocenters. The van der Waals surface area contributed by atoms with Gasteiger partial charge in [-0.25, -0.2) is 4.98 Å². The molecule has 2 N–H and O–H groups in total. The molecule has 1 amide bonds. The van der Waals surface area contributed by atoms with E-state index in [-0.39, 0.29) is 5.91 Å². The second-order valence-electron chi connectivity index (χ2n) is 5.79. The van der Waals surface area contributed by atoms with Crippen LogP contribution in [0.4, 0.5) is 0 Å². The lowest BCUT2D eigenvalue weighted by molar-refractivity contribution is -0.121. The van der Waals surface area contributed by atoms with Crippen LogP contribution in [0.15, 0.2) is 18.9 Å². The van der Waals surface area contributed by atoms with Crippen molar-refractivity contribution in [1.82, 2.24) is 30.4 Å². The monoisotopic (exact) mass is 314 g/mol. The quantitative estimate of drug-likeness (QED) is 0.821. The topological polar surface area (TPSA) is 84.7 Å². The number of aryl methyl sites for hydroxylation is 2. The van der Waals surface area contributed by atoms with Crippen molar-refractivity contribution < 1.29 is 4.79 Å². The first-order chi connectivity index (χ1) is 11.2. The maximum absolute atomic E-state index is 12.0. The number of carbonyl (C=O) groups is 1. The molecule has 0 spiro atoms. The van der Waals surface area contributed by atoms with Crippen molar-refractivity contribution in [3.8, 4) is 0 Å². The van der Waals surface area contributed by atoms with Gasteiger partial charge in [0.05, 0.1) is 0 Å². The van der Waals surface area contributed by atoms with Crippen LogP contribution in [0.2, 0.25) is 0 Å². The van der Waals surface area contributed by atoms with Crippen molar-refractivity contribution in [1.29, 1.82) is 0 Å². The molecule has 2 aromatic heterocycles. The van der Waals surface area contributed by atoms with Crippen LogP contribution in [0.5, 0.6) is 0 Å². The van der Waals surface area contributed by atoms with Crippen LogP contribution in [-0.4, -0.2) is 32.2 Å². The molecule has 0 radical (unpaired) electrons. The Morgan fingerprint density at radius 3 is 3.22 bits per heavy atom. The second kappa shape index (κ2) is 7.32. The van der Waals surface area contributed by atoms with Crippen LogP contribution in [0.1, 0.15) is 35.2 Å². The lowest BCUT2D eigenvalue weighted by Crippen LogP contribution is -2.28. The summed E-state index contributed by atoms with van der Waals surface area (Å²) in [5.74, 6) is 0.0658. The molecule has 0 aliphatic carbocycles. The average molecular weight is 314 g/mol. The second-order valence-corrected chi connectivity index (χ2v) is 5.79. The average Bonchev–Trinajstić information content (AvgIpc) is 3.07. The van der Waals surface area contributed by atoms with Gasteiger partial charge in [0, 0.05) is 37.9 Å². The summed E-state index contributed by atoms with van der Waals surface area (Å²) in [6, 6.07) is 0. The Bertz CT molecular complexity index is 667. The van der Waals surface area contributed by atoms with E-state index in [1.165, 1.54) is 23.0 Å². The van der Waals surface area contributed by atoms with E-state index in [1.54, 1.807) is 11.0 Å². The van der Waals surface area contributed by atoms with E-state index in [0.29, 0.717) is 19.5 Å². The maximum atomic E-state index is 12.0. The van der Waals surface area contributed by atoms with Gasteiger partial charge in [0.2, 0.25) is 5.91 Å². The number of hydrogen-bond donors (Lipinski definition) is 2. The Labute approximate surface area is 135 Å². The van der Waals surface area contributed by atoms with Gasteiger partial charge in [0.25, 0.3) is 0 Å². The Kier molecular flexibility index (Phi) is 4.97. The first kappa shape index (κ1) is 15.6. The fourth-order valence-corrected chi connectivity index (χ4v) is 2.90. The van der Waals surface area contributed by atoms with Crippen LogP contribution < -0.4 is 10.6 Å². The zero-order chi connectivity index (χ0) is 16.1. The molecule has 3 heterocycles. The number of nitrogens with zero attached hydrogens (tertiary/aromatic N) is 4. The van der Waals surface area contributed by atoms with Crippen LogP contribution in [0.25, 0.3) is 0 Å². The number of amides is 1. The molecule has 2 aromatic rings. The molecular formula is C16H22N6O. The highest BCUT2D eigenvalue weighted by molar-refractivity contribution is 5.75. The van der Waals surface area contributed by atoms with Gasteiger partial charge in [-0.05, 0) is 43.0 Å². The molecule has 23 heavy (non-hydrogen) atoms. The minimum Gasteiger partial charge on any atom is -0.352 e. The maximum Gasteiger partial charge on any atom is 0.220 e. The fraction of sp³-hybridized carbons (Fsp3) is 0.500. The summed E-state index contributed by atoms with van der Waals surface area (Å²) in [4.78, 5) is 20.4. The summed E-state index contributed by atoms with van der Waals surface area (Å²) in [5, 5.41) is 10.4. The van der Waals surface area contributed by atoms with Crippen molar-refractivity contribution in [3.05, 3.63) is 41.2 Å². The summed E-state index contributed by atoms with van der Waals surface area (Å²) >= 11 is 0. The lowest BCUT2D eigenvalue weighted by atomic mass is 9.96. The summed E-state index contributed by atoms with van der Waals surface area (Å²) in [6.07, 6.45) is 7.35. The number of carbonyl (C=O) groups excluding carboxylic acids is 1. The first-order valence-corrected chi connectivity index (χ1v) is 8.00. The third kappa shape index (κ3) is 3.92. The highest BCUT2D eigenvalue weighted by Gasteiger charge is 2.16. The van der Waals surface area contributed by atoms with E-state index < -0.39 is 0 Å². The Morgan fingerprint density at radius 1 is 1.48 bits per heavy atom. The number of hydrogen-bond acceptors (Lipinski definition) is 5. The molecule has 0 aromatic carbocycles. The molecule has 3 rings (SSSR count). The summed E-state index contributed by atoms with van der Waals surface area (Å²) in [6.45, 7) is 5.12. The molecule has 0 saturated heterocycles. The summed E-state index contributed by atoms with van der Waals surface area (Å²) in [5.41, 5.74) is 4.78. The number of pyridine rings is 1. The van der Waals surface area contributed by atoms with Gasteiger partial charge in [-0.1, -0.05) is 0 Å². The summed E-state index contributed by atoms with van der Waals surface area (Å²) < 4.78 is 1.74. The fourth-order valence-electron chi connectivity index (χ4n) is 2.90. The number of nitrogens with one attached hydrogen (secondary N) is 2. The Hall–Kier alpha value is -2.28. The van der Waals surface area contributed by atoms with Crippen molar-refractivity contribution in [2.75, 3.05) is 6.54 Å². The minimum absolute atomic E-state index is 0.0658. The van der Waals surface area contributed by atoms with Gasteiger partial charge in [-0.15, -0.1) is 0 Å². The predicted octanol–water partition coefficient (Wildman–Crippen LogP) is 0.724. The van der Waals surface area contributed by atoms with E-state index in [2.05, 4.69) is 25.7 Å².